The van der Waals surface area contributed by atoms with Gasteiger partial charge in [0.1, 0.15) is 5.69 Å². The van der Waals surface area contributed by atoms with Crippen LogP contribution in [0.1, 0.15) is 27.6 Å². The zero-order chi connectivity index (χ0) is 18.6. The number of methoxy groups -OCH3 is 1. The van der Waals surface area contributed by atoms with Crippen LogP contribution in [0.5, 0.6) is 0 Å². The molecule has 25 heavy (non-hydrogen) atoms. The van der Waals surface area contributed by atoms with Crippen LogP contribution in [-0.4, -0.2) is 29.7 Å². The fourth-order valence-corrected chi connectivity index (χ4v) is 2.64. The van der Waals surface area contributed by atoms with E-state index in [0.717, 1.165) is 24.3 Å². The van der Waals surface area contributed by atoms with Crippen molar-refractivity contribution in [1.29, 1.82) is 0 Å². The summed E-state index contributed by atoms with van der Waals surface area (Å²) >= 11 is 6.01. The number of nitrogens with zero attached hydrogens (tertiary/aromatic N) is 1. The molecule has 0 saturated heterocycles. The normalized spacial score (nSPS) is 11.7. The third kappa shape index (κ3) is 4.26. The van der Waals surface area contributed by atoms with Gasteiger partial charge in [-0.2, -0.15) is 0 Å². The number of ether oxygens (including phenoxy) is 1. The van der Waals surface area contributed by atoms with E-state index in [1.54, 1.807) is 12.1 Å². The van der Waals surface area contributed by atoms with Gasteiger partial charge in [-0.25, -0.2) is 4.79 Å². The molecule has 0 amide bonds. The van der Waals surface area contributed by atoms with Crippen molar-refractivity contribution in [3.63, 3.8) is 0 Å². The van der Waals surface area contributed by atoms with Crippen LogP contribution in [0.15, 0.2) is 36.4 Å². The third-order valence-corrected chi connectivity index (χ3v) is 4.03. The van der Waals surface area contributed by atoms with Crippen LogP contribution in [0, 0.1) is 17.0 Å². The molecule has 0 aliphatic carbocycles. The minimum atomic E-state index is -0.861. The first-order valence-corrected chi connectivity index (χ1v) is 7.76. The minimum absolute atomic E-state index is 0.0188. The molecule has 0 aromatic heterocycles. The van der Waals surface area contributed by atoms with Crippen molar-refractivity contribution >= 4 is 28.9 Å². The number of nitro groups is 1. The van der Waals surface area contributed by atoms with Crippen LogP contribution >= 0.6 is 11.6 Å². The Morgan fingerprint density at radius 2 is 2.08 bits per heavy atom. The number of esters is 1. The Morgan fingerprint density at radius 3 is 2.68 bits per heavy atom. The highest BCUT2D eigenvalue weighted by Gasteiger charge is 2.22. The second-order valence-electron chi connectivity index (χ2n) is 5.35. The number of benzene rings is 2. The number of hydrogen-bond acceptors (Lipinski definition) is 6. The number of nitrogens with one attached hydrogen (secondary N) is 1. The second-order valence-corrected chi connectivity index (χ2v) is 5.76. The number of rotatable bonds is 6. The van der Waals surface area contributed by atoms with E-state index in [-0.39, 0.29) is 28.5 Å². The highest BCUT2D eigenvalue weighted by Crippen LogP contribution is 2.32. The Morgan fingerprint density at radius 1 is 1.40 bits per heavy atom. The number of hydrogen-bond donors (Lipinski definition) is 2. The molecule has 1 atom stereocenters. The Hall–Kier alpha value is -2.64. The lowest BCUT2D eigenvalue weighted by atomic mass is 10.0. The summed E-state index contributed by atoms with van der Waals surface area (Å²) in [6.45, 7) is 1.91. The van der Waals surface area contributed by atoms with E-state index in [2.05, 4.69) is 10.1 Å². The molecule has 0 aliphatic rings. The van der Waals surface area contributed by atoms with E-state index in [0.29, 0.717) is 0 Å². The number of halogens is 1. The van der Waals surface area contributed by atoms with Gasteiger partial charge < -0.3 is 15.2 Å². The first-order valence-electron chi connectivity index (χ1n) is 7.38. The summed E-state index contributed by atoms with van der Waals surface area (Å²) in [7, 11) is 1.16. The molecule has 7 nitrogen and oxygen atoms in total. The predicted octanol–water partition coefficient (Wildman–Crippen LogP) is 3.49. The number of nitro benzene ring substituents is 1. The Labute approximate surface area is 149 Å². The van der Waals surface area contributed by atoms with Gasteiger partial charge in [-0.1, -0.05) is 35.9 Å². The SMILES string of the molecule is COC(=O)c1cc([N+](=O)[O-])c(NCC(O)c2ccccc2C)cc1Cl. The monoisotopic (exact) mass is 364 g/mol. The Bertz CT molecular complexity index is 810. The largest absolute Gasteiger partial charge is 0.465 e. The predicted molar refractivity (Wildman–Crippen MR) is 94.1 cm³/mol. The van der Waals surface area contributed by atoms with Crippen LogP contribution in [0.3, 0.4) is 0 Å². The van der Waals surface area contributed by atoms with E-state index in [4.69, 9.17) is 11.6 Å². The van der Waals surface area contributed by atoms with Gasteiger partial charge in [0.25, 0.3) is 5.69 Å². The third-order valence-electron chi connectivity index (χ3n) is 3.72. The molecule has 8 heteroatoms. The van der Waals surface area contributed by atoms with Crippen molar-refractivity contribution in [2.24, 2.45) is 0 Å². The molecule has 2 rings (SSSR count). The molecule has 0 radical (unpaired) electrons. The molecule has 2 aromatic carbocycles. The van der Waals surface area contributed by atoms with Gasteiger partial charge in [-0.05, 0) is 24.1 Å². The van der Waals surface area contributed by atoms with Gasteiger partial charge >= 0.3 is 5.97 Å². The van der Waals surface area contributed by atoms with Crippen molar-refractivity contribution in [3.05, 3.63) is 68.2 Å². The standard InChI is InChI=1S/C17H17ClN2O5/c1-10-5-3-4-6-11(10)16(21)9-19-14-8-13(18)12(17(22)25-2)7-15(14)20(23)24/h3-8,16,19,21H,9H2,1-2H3. The van der Waals surface area contributed by atoms with Gasteiger partial charge in [0.05, 0.1) is 28.7 Å². The molecule has 1 unspecified atom stereocenters. The van der Waals surface area contributed by atoms with Crippen LogP contribution in [0.4, 0.5) is 11.4 Å². The maximum absolute atomic E-state index is 11.6. The Kier molecular flexibility index (Phi) is 5.95. The number of aliphatic hydroxyl groups is 1. The summed E-state index contributed by atoms with van der Waals surface area (Å²) in [6.07, 6.45) is -0.861. The number of carbonyl (C=O) groups is 1. The first kappa shape index (κ1) is 18.7. The number of aliphatic hydroxyl groups excluding tert-OH is 1. The topological polar surface area (TPSA) is 102 Å². The van der Waals surface area contributed by atoms with Crippen molar-refractivity contribution in [2.75, 3.05) is 19.0 Å². The highest BCUT2D eigenvalue weighted by molar-refractivity contribution is 6.34. The van der Waals surface area contributed by atoms with Crippen molar-refractivity contribution in [1.82, 2.24) is 0 Å². The summed E-state index contributed by atoms with van der Waals surface area (Å²) in [5.74, 6) is -0.764. The zero-order valence-corrected chi connectivity index (χ0v) is 14.4. The van der Waals surface area contributed by atoms with E-state index in [9.17, 15) is 20.0 Å². The van der Waals surface area contributed by atoms with E-state index >= 15 is 0 Å². The molecule has 0 heterocycles. The summed E-state index contributed by atoms with van der Waals surface area (Å²) < 4.78 is 4.55. The average Bonchev–Trinajstić information content (AvgIpc) is 2.59. The van der Waals surface area contributed by atoms with Crippen molar-refractivity contribution in [2.45, 2.75) is 13.0 Å². The fraction of sp³-hybridized carbons (Fsp3) is 0.235. The van der Waals surface area contributed by atoms with Crippen LogP contribution in [0.2, 0.25) is 5.02 Å². The molecule has 2 N–H and O–H groups in total. The molecule has 132 valence electrons. The lowest BCUT2D eigenvalue weighted by Gasteiger charge is -2.16. The summed E-state index contributed by atoms with van der Waals surface area (Å²) in [5, 5.41) is 24.4. The molecular weight excluding hydrogens is 348 g/mol. The van der Waals surface area contributed by atoms with Crippen LogP contribution in [0.25, 0.3) is 0 Å². The molecule has 0 saturated carbocycles. The fourth-order valence-electron chi connectivity index (χ4n) is 2.40. The summed E-state index contributed by atoms with van der Waals surface area (Å²) in [5.41, 5.74) is 1.30. The molecule has 0 aliphatic heterocycles. The number of anilines is 1. The van der Waals surface area contributed by atoms with Gasteiger partial charge in [0.2, 0.25) is 0 Å². The number of carbonyl (C=O) groups excluding carboxylic acids is 1. The van der Waals surface area contributed by atoms with Gasteiger partial charge in [0.15, 0.2) is 0 Å². The average molecular weight is 365 g/mol. The first-order chi connectivity index (χ1) is 11.8. The van der Waals surface area contributed by atoms with Crippen LogP contribution < -0.4 is 5.32 Å². The Balaban J connectivity index is 2.27. The highest BCUT2D eigenvalue weighted by atomic mass is 35.5. The van der Waals surface area contributed by atoms with Gasteiger partial charge in [-0.3, -0.25) is 10.1 Å². The summed E-state index contributed by atoms with van der Waals surface area (Å²) in [4.78, 5) is 22.3. The van der Waals surface area contributed by atoms with Crippen molar-refractivity contribution in [3.8, 4) is 0 Å². The van der Waals surface area contributed by atoms with Gasteiger partial charge in [0, 0.05) is 12.6 Å². The lowest BCUT2D eigenvalue weighted by molar-refractivity contribution is -0.384. The maximum atomic E-state index is 11.6. The quantitative estimate of drug-likeness (QED) is 0.462. The molecule has 0 spiro atoms. The zero-order valence-electron chi connectivity index (χ0n) is 13.7. The molecule has 0 bridgehead atoms. The number of aryl methyl sites for hydroxylation is 1. The summed E-state index contributed by atoms with van der Waals surface area (Å²) in [6, 6.07) is 9.63. The lowest BCUT2D eigenvalue weighted by Crippen LogP contribution is -2.14. The smallest absolute Gasteiger partial charge is 0.339 e. The molecule has 2 aromatic rings. The van der Waals surface area contributed by atoms with E-state index in [1.807, 2.05) is 19.1 Å². The molecule has 0 fully saturated rings. The van der Waals surface area contributed by atoms with Gasteiger partial charge in [-0.15, -0.1) is 0 Å². The molecular formula is C17H17ClN2O5. The van der Waals surface area contributed by atoms with E-state index in [1.165, 1.54) is 6.07 Å². The maximum Gasteiger partial charge on any atom is 0.339 e. The minimum Gasteiger partial charge on any atom is -0.465 e. The van der Waals surface area contributed by atoms with Crippen molar-refractivity contribution < 1.29 is 19.6 Å². The van der Waals surface area contributed by atoms with Crippen LogP contribution in [-0.2, 0) is 4.74 Å². The second kappa shape index (κ2) is 7.96. The van der Waals surface area contributed by atoms with E-state index < -0.39 is 17.0 Å².